The predicted molar refractivity (Wildman–Crippen MR) is 118 cm³/mol. The standard InChI is InChI=1S/C22H27ClN2O3S/c1-15(26)21-10-17(14-29-21)13-25-9-3-4-16(12-25)5-8-22(27)24-19-11-18(23)6-7-20(19)28-2/h6-7,10-11,14,16H,3-5,8-9,12-13H2,1-2H3,(H,24,27). The molecule has 2 aromatic rings. The highest BCUT2D eigenvalue weighted by molar-refractivity contribution is 7.12. The lowest BCUT2D eigenvalue weighted by molar-refractivity contribution is -0.116. The minimum Gasteiger partial charge on any atom is -0.495 e. The fraction of sp³-hybridized carbons (Fsp3) is 0.455. The van der Waals surface area contributed by atoms with Gasteiger partial charge in [0, 0.05) is 24.5 Å². The molecule has 1 fully saturated rings. The summed E-state index contributed by atoms with van der Waals surface area (Å²) in [7, 11) is 1.57. The van der Waals surface area contributed by atoms with Gasteiger partial charge in [-0.05, 0) is 73.9 Å². The maximum Gasteiger partial charge on any atom is 0.224 e. The number of carbonyl (C=O) groups excluding carboxylic acids is 2. The average molecular weight is 435 g/mol. The molecule has 0 spiro atoms. The number of amides is 1. The van der Waals surface area contributed by atoms with E-state index in [1.165, 1.54) is 16.9 Å². The zero-order chi connectivity index (χ0) is 20.8. The van der Waals surface area contributed by atoms with Gasteiger partial charge in [-0.3, -0.25) is 14.5 Å². The van der Waals surface area contributed by atoms with Crippen LogP contribution >= 0.6 is 22.9 Å². The third-order valence-electron chi connectivity index (χ3n) is 5.23. The molecule has 3 rings (SSSR count). The lowest BCUT2D eigenvalue weighted by Gasteiger charge is -2.32. The number of hydrogen-bond donors (Lipinski definition) is 1. The summed E-state index contributed by atoms with van der Waals surface area (Å²) >= 11 is 7.54. The van der Waals surface area contributed by atoms with Gasteiger partial charge in [-0.25, -0.2) is 0 Å². The number of Topliss-reactive ketones (excluding diaryl/α,β-unsaturated/α-hetero) is 1. The number of ketones is 1. The Morgan fingerprint density at radius 3 is 2.90 bits per heavy atom. The molecule has 0 aliphatic carbocycles. The van der Waals surface area contributed by atoms with E-state index in [1.54, 1.807) is 32.2 Å². The summed E-state index contributed by atoms with van der Waals surface area (Å²) in [6.45, 7) is 4.52. The number of hydrogen-bond acceptors (Lipinski definition) is 5. The third kappa shape index (κ3) is 6.29. The van der Waals surface area contributed by atoms with Crippen LogP contribution < -0.4 is 10.1 Å². The van der Waals surface area contributed by atoms with E-state index in [2.05, 4.69) is 15.6 Å². The number of halogens is 1. The van der Waals surface area contributed by atoms with Crippen molar-refractivity contribution in [3.63, 3.8) is 0 Å². The van der Waals surface area contributed by atoms with E-state index in [4.69, 9.17) is 16.3 Å². The van der Waals surface area contributed by atoms with Crippen molar-refractivity contribution < 1.29 is 14.3 Å². The van der Waals surface area contributed by atoms with Gasteiger partial charge in [-0.1, -0.05) is 11.6 Å². The van der Waals surface area contributed by atoms with Crippen molar-refractivity contribution in [2.45, 2.75) is 39.2 Å². The fourth-order valence-electron chi connectivity index (χ4n) is 3.76. The molecular weight excluding hydrogens is 408 g/mol. The smallest absolute Gasteiger partial charge is 0.224 e. The van der Waals surface area contributed by atoms with Crippen LogP contribution in [0.3, 0.4) is 0 Å². The fourth-order valence-corrected chi connectivity index (χ4v) is 4.74. The van der Waals surface area contributed by atoms with Gasteiger partial charge in [-0.15, -0.1) is 11.3 Å². The molecule has 29 heavy (non-hydrogen) atoms. The molecule has 1 aliphatic rings. The highest BCUT2D eigenvalue weighted by atomic mass is 35.5. The number of methoxy groups -OCH3 is 1. The van der Waals surface area contributed by atoms with Crippen LogP contribution in [0.1, 0.15) is 47.8 Å². The number of carbonyl (C=O) groups is 2. The quantitative estimate of drug-likeness (QED) is 0.577. The Hall–Kier alpha value is -1.89. The first-order valence-electron chi connectivity index (χ1n) is 9.88. The van der Waals surface area contributed by atoms with Crippen molar-refractivity contribution in [1.82, 2.24) is 4.90 Å². The maximum atomic E-state index is 12.4. The van der Waals surface area contributed by atoms with E-state index < -0.39 is 0 Å². The number of likely N-dealkylation sites (tertiary alicyclic amines) is 1. The predicted octanol–water partition coefficient (Wildman–Crippen LogP) is 5.24. The van der Waals surface area contributed by atoms with Crippen LogP contribution in [-0.4, -0.2) is 36.8 Å². The van der Waals surface area contributed by atoms with Gasteiger partial charge in [-0.2, -0.15) is 0 Å². The third-order valence-corrected chi connectivity index (χ3v) is 6.54. The van der Waals surface area contributed by atoms with Gasteiger partial charge in [0.1, 0.15) is 5.75 Å². The van der Waals surface area contributed by atoms with E-state index in [0.29, 0.717) is 28.8 Å². The number of piperidine rings is 1. The Balaban J connectivity index is 1.48. The number of rotatable bonds is 8. The van der Waals surface area contributed by atoms with Crippen molar-refractivity contribution in [3.05, 3.63) is 45.1 Å². The summed E-state index contributed by atoms with van der Waals surface area (Å²) in [6.07, 6.45) is 3.61. The molecule has 1 unspecified atom stereocenters. The molecule has 0 bridgehead atoms. The van der Waals surface area contributed by atoms with Crippen molar-refractivity contribution in [3.8, 4) is 5.75 Å². The maximum absolute atomic E-state index is 12.4. The molecule has 2 heterocycles. The highest BCUT2D eigenvalue weighted by Gasteiger charge is 2.21. The first-order chi connectivity index (χ1) is 13.9. The molecule has 1 saturated heterocycles. The number of thiophene rings is 1. The van der Waals surface area contributed by atoms with E-state index in [1.807, 2.05) is 6.07 Å². The normalized spacial score (nSPS) is 17.1. The first kappa shape index (κ1) is 21.8. The van der Waals surface area contributed by atoms with Crippen LogP contribution in [0.25, 0.3) is 0 Å². The summed E-state index contributed by atoms with van der Waals surface area (Å²) in [5.74, 6) is 1.21. The van der Waals surface area contributed by atoms with Gasteiger partial charge in [0.15, 0.2) is 5.78 Å². The second kappa shape index (κ2) is 10.2. The SMILES string of the molecule is COc1ccc(Cl)cc1NC(=O)CCC1CCCN(Cc2csc(C(C)=O)c2)C1. The molecule has 1 aliphatic heterocycles. The van der Waals surface area contributed by atoms with Crippen LogP contribution in [0.5, 0.6) is 5.75 Å². The first-order valence-corrected chi connectivity index (χ1v) is 11.1. The number of nitrogens with one attached hydrogen (secondary N) is 1. The molecule has 0 radical (unpaired) electrons. The Bertz CT molecular complexity index is 867. The van der Waals surface area contributed by atoms with E-state index in [-0.39, 0.29) is 11.7 Å². The molecule has 0 saturated carbocycles. The van der Waals surface area contributed by atoms with Gasteiger partial charge in [0.2, 0.25) is 5.91 Å². The number of benzene rings is 1. The minimum atomic E-state index is -0.0216. The molecule has 156 valence electrons. The van der Waals surface area contributed by atoms with Crippen LogP contribution in [0.15, 0.2) is 29.6 Å². The minimum absolute atomic E-state index is 0.0216. The second-order valence-corrected chi connectivity index (χ2v) is 8.90. The van der Waals surface area contributed by atoms with E-state index in [9.17, 15) is 9.59 Å². The van der Waals surface area contributed by atoms with Crippen LogP contribution in [0.4, 0.5) is 5.69 Å². The van der Waals surface area contributed by atoms with E-state index >= 15 is 0 Å². The van der Waals surface area contributed by atoms with Crippen LogP contribution in [-0.2, 0) is 11.3 Å². The summed E-state index contributed by atoms with van der Waals surface area (Å²) < 4.78 is 5.28. The van der Waals surface area contributed by atoms with Crippen molar-refractivity contribution in [1.29, 1.82) is 0 Å². The molecule has 1 N–H and O–H groups in total. The Labute approximate surface area is 181 Å². The highest BCUT2D eigenvalue weighted by Crippen LogP contribution is 2.29. The molecule has 1 aromatic carbocycles. The summed E-state index contributed by atoms with van der Waals surface area (Å²) in [6, 6.07) is 7.19. The van der Waals surface area contributed by atoms with E-state index in [0.717, 1.165) is 43.8 Å². The van der Waals surface area contributed by atoms with Gasteiger partial charge >= 0.3 is 0 Å². The summed E-state index contributed by atoms with van der Waals surface area (Å²) in [5.41, 5.74) is 1.81. The van der Waals surface area contributed by atoms with Gasteiger partial charge in [0.05, 0.1) is 17.7 Å². The van der Waals surface area contributed by atoms with Crippen molar-refractivity contribution >= 4 is 40.3 Å². The average Bonchev–Trinajstić information content (AvgIpc) is 3.16. The largest absolute Gasteiger partial charge is 0.495 e. The lowest BCUT2D eigenvalue weighted by Crippen LogP contribution is -2.35. The molecular formula is C22H27ClN2O3S. The van der Waals surface area contributed by atoms with Crippen LogP contribution in [0, 0.1) is 5.92 Å². The Morgan fingerprint density at radius 1 is 1.34 bits per heavy atom. The molecule has 7 heteroatoms. The summed E-state index contributed by atoms with van der Waals surface area (Å²) in [5, 5.41) is 5.55. The second-order valence-electron chi connectivity index (χ2n) is 7.55. The topological polar surface area (TPSA) is 58.6 Å². The van der Waals surface area contributed by atoms with Crippen molar-refractivity contribution in [2.24, 2.45) is 5.92 Å². The zero-order valence-corrected chi connectivity index (χ0v) is 18.4. The number of anilines is 1. The number of ether oxygens (including phenoxy) is 1. The Morgan fingerprint density at radius 2 is 2.17 bits per heavy atom. The van der Waals surface area contributed by atoms with Crippen molar-refractivity contribution in [2.75, 3.05) is 25.5 Å². The molecule has 1 atom stereocenters. The van der Waals surface area contributed by atoms with Gasteiger partial charge < -0.3 is 10.1 Å². The molecule has 5 nitrogen and oxygen atoms in total. The Kier molecular flexibility index (Phi) is 7.70. The summed E-state index contributed by atoms with van der Waals surface area (Å²) in [4.78, 5) is 27.2. The monoisotopic (exact) mass is 434 g/mol. The lowest BCUT2D eigenvalue weighted by atomic mass is 9.93. The van der Waals surface area contributed by atoms with Gasteiger partial charge in [0.25, 0.3) is 0 Å². The molecule has 1 amide bonds. The zero-order valence-electron chi connectivity index (χ0n) is 16.9. The van der Waals surface area contributed by atoms with Crippen LogP contribution in [0.2, 0.25) is 5.02 Å². The number of nitrogens with zero attached hydrogens (tertiary/aromatic N) is 1. The molecule has 1 aromatic heterocycles.